The van der Waals surface area contributed by atoms with E-state index in [0.717, 1.165) is 35.6 Å². The van der Waals surface area contributed by atoms with Crippen LogP contribution in [-0.2, 0) is 24.1 Å². The molecule has 0 bridgehead atoms. The highest BCUT2D eigenvalue weighted by molar-refractivity contribution is 7.11. The molecule has 1 aromatic heterocycles. The molecule has 0 saturated heterocycles. The van der Waals surface area contributed by atoms with Crippen LogP contribution in [0.5, 0.6) is 5.75 Å². The molecule has 23 heavy (non-hydrogen) atoms. The molecule has 5 heteroatoms. The fourth-order valence-electron chi connectivity index (χ4n) is 2.37. The summed E-state index contributed by atoms with van der Waals surface area (Å²) in [5, 5.41) is 4.08. The molecule has 0 saturated carbocycles. The van der Waals surface area contributed by atoms with Crippen LogP contribution < -0.4 is 10.1 Å². The number of rotatable bonds is 8. The monoisotopic (exact) mass is 332 g/mol. The lowest BCUT2D eigenvalue weighted by Gasteiger charge is -2.05. The van der Waals surface area contributed by atoms with E-state index < -0.39 is 0 Å². The van der Waals surface area contributed by atoms with E-state index in [2.05, 4.69) is 24.1 Å². The van der Waals surface area contributed by atoms with Gasteiger partial charge in [0.2, 0.25) is 5.91 Å². The lowest BCUT2D eigenvalue weighted by Crippen LogP contribution is -2.25. The van der Waals surface area contributed by atoms with Gasteiger partial charge in [0.1, 0.15) is 5.75 Å². The van der Waals surface area contributed by atoms with Crippen molar-refractivity contribution in [1.82, 2.24) is 10.3 Å². The number of hydrogen-bond acceptors (Lipinski definition) is 4. The number of hydrogen-bond donors (Lipinski definition) is 1. The third-order valence-corrected chi connectivity index (χ3v) is 4.81. The maximum atomic E-state index is 11.9. The Morgan fingerprint density at radius 1 is 1.26 bits per heavy atom. The molecule has 2 aromatic rings. The van der Waals surface area contributed by atoms with Gasteiger partial charge in [0.05, 0.1) is 17.8 Å². The van der Waals surface area contributed by atoms with Gasteiger partial charge in [0, 0.05) is 24.3 Å². The molecular weight excluding hydrogens is 308 g/mol. The maximum absolute atomic E-state index is 11.9. The van der Waals surface area contributed by atoms with E-state index in [9.17, 15) is 4.79 Å². The van der Waals surface area contributed by atoms with E-state index >= 15 is 0 Å². The van der Waals surface area contributed by atoms with Crippen LogP contribution in [0.15, 0.2) is 24.3 Å². The molecule has 0 aliphatic carbocycles. The second kappa shape index (κ2) is 8.67. The Morgan fingerprint density at radius 3 is 2.61 bits per heavy atom. The van der Waals surface area contributed by atoms with Crippen LogP contribution >= 0.6 is 11.3 Å². The van der Waals surface area contributed by atoms with E-state index in [1.807, 2.05) is 24.3 Å². The molecule has 0 unspecified atom stereocenters. The van der Waals surface area contributed by atoms with E-state index in [0.29, 0.717) is 13.0 Å². The number of aromatic nitrogens is 1. The molecule has 0 aliphatic heterocycles. The molecule has 2 rings (SSSR count). The summed E-state index contributed by atoms with van der Waals surface area (Å²) in [7, 11) is 1.65. The number of nitrogens with zero attached hydrogens (tertiary/aromatic N) is 1. The van der Waals surface area contributed by atoms with E-state index in [1.165, 1.54) is 10.6 Å². The summed E-state index contributed by atoms with van der Waals surface area (Å²) in [4.78, 5) is 17.8. The number of methoxy groups -OCH3 is 1. The molecular formula is C18H24N2O2S. The van der Waals surface area contributed by atoms with Crippen molar-refractivity contribution >= 4 is 17.2 Å². The molecule has 1 heterocycles. The standard InChI is InChI=1S/C18H24N2O2S/c1-4-16-13(2)23-18(20-16)11-12-19-17(21)10-7-14-5-8-15(22-3)9-6-14/h5-6,8-9H,4,7,10-12H2,1-3H3,(H,19,21). The van der Waals surface area contributed by atoms with Crippen molar-refractivity contribution in [3.05, 3.63) is 45.4 Å². The summed E-state index contributed by atoms with van der Waals surface area (Å²) in [6, 6.07) is 7.83. The topological polar surface area (TPSA) is 51.2 Å². The minimum Gasteiger partial charge on any atom is -0.497 e. The highest BCUT2D eigenvalue weighted by atomic mass is 32.1. The number of aryl methyl sites for hydroxylation is 3. The molecule has 4 nitrogen and oxygen atoms in total. The molecule has 0 fully saturated rings. The minimum absolute atomic E-state index is 0.0878. The quantitative estimate of drug-likeness (QED) is 0.807. The Bertz CT molecular complexity index is 635. The van der Waals surface area contributed by atoms with Crippen molar-refractivity contribution in [2.24, 2.45) is 0 Å². The van der Waals surface area contributed by atoms with Gasteiger partial charge in [0.15, 0.2) is 0 Å². The Morgan fingerprint density at radius 2 is 2.00 bits per heavy atom. The Labute approximate surface area is 141 Å². The van der Waals surface area contributed by atoms with Crippen LogP contribution in [0.25, 0.3) is 0 Å². The molecule has 0 aliphatic rings. The van der Waals surface area contributed by atoms with Crippen LogP contribution in [0.2, 0.25) is 0 Å². The van der Waals surface area contributed by atoms with Crippen molar-refractivity contribution in [3.63, 3.8) is 0 Å². The van der Waals surface area contributed by atoms with Gasteiger partial charge in [-0.3, -0.25) is 4.79 Å². The Kier molecular flexibility index (Phi) is 6.59. The van der Waals surface area contributed by atoms with Gasteiger partial charge in [0.25, 0.3) is 0 Å². The molecule has 0 spiro atoms. The Balaban J connectivity index is 1.70. The number of carbonyl (C=O) groups excluding carboxylic acids is 1. The van der Waals surface area contributed by atoms with Gasteiger partial charge in [-0.25, -0.2) is 4.98 Å². The van der Waals surface area contributed by atoms with Crippen molar-refractivity contribution in [2.75, 3.05) is 13.7 Å². The zero-order valence-corrected chi connectivity index (χ0v) is 14.8. The average Bonchev–Trinajstić information content (AvgIpc) is 2.93. The van der Waals surface area contributed by atoms with Crippen molar-refractivity contribution in [1.29, 1.82) is 0 Å². The second-order valence-corrected chi connectivity index (χ2v) is 6.70. The number of thiazole rings is 1. The summed E-state index contributed by atoms with van der Waals surface area (Å²) in [5.41, 5.74) is 2.32. The zero-order valence-electron chi connectivity index (χ0n) is 14.0. The van der Waals surface area contributed by atoms with Crippen molar-refractivity contribution in [3.8, 4) is 5.75 Å². The number of ether oxygens (including phenoxy) is 1. The molecule has 124 valence electrons. The zero-order chi connectivity index (χ0) is 16.7. The molecule has 1 N–H and O–H groups in total. The Hall–Kier alpha value is -1.88. The fourth-order valence-corrected chi connectivity index (χ4v) is 3.39. The molecule has 0 atom stereocenters. The van der Waals surface area contributed by atoms with Crippen LogP contribution in [-0.4, -0.2) is 24.5 Å². The van der Waals surface area contributed by atoms with Crippen LogP contribution in [0.4, 0.5) is 0 Å². The van der Waals surface area contributed by atoms with E-state index in [4.69, 9.17) is 4.74 Å². The largest absolute Gasteiger partial charge is 0.497 e. The number of amides is 1. The lowest BCUT2D eigenvalue weighted by atomic mass is 10.1. The summed E-state index contributed by atoms with van der Waals surface area (Å²) >= 11 is 1.73. The van der Waals surface area contributed by atoms with E-state index in [-0.39, 0.29) is 5.91 Å². The van der Waals surface area contributed by atoms with Crippen LogP contribution in [0.1, 0.15) is 34.5 Å². The number of benzene rings is 1. The highest BCUT2D eigenvalue weighted by Gasteiger charge is 2.07. The summed E-state index contributed by atoms with van der Waals surface area (Å²) in [6.45, 7) is 4.87. The van der Waals surface area contributed by atoms with Gasteiger partial charge >= 0.3 is 0 Å². The van der Waals surface area contributed by atoms with Gasteiger partial charge < -0.3 is 10.1 Å². The highest BCUT2D eigenvalue weighted by Crippen LogP contribution is 2.18. The third-order valence-electron chi connectivity index (χ3n) is 3.73. The SMILES string of the molecule is CCc1nc(CCNC(=O)CCc2ccc(OC)cc2)sc1C. The van der Waals surface area contributed by atoms with Gasteiger partial charge in [-0.2, -0.15) is 0 Å². The molecule has 0 radical (unpaired) electrons. The number of carbonyl (C=O) groups is 1. The fraction of sp³-hybridized carbons (Fsp3) is 0.444. The van der Waals surface area contributed by atoms with E-state index in [1.54, 1.807) is 18.4 Å². The predicted octanol–water partition coefficient (Wildman–Crippen LogP) is 3.31. The minimum atomic E-state index is 0.0878. The van der Waals surface area contributed by atoms with Gasteiger partial charge in [-0.05, 0) is 37.5 Å². The molecule has 1 aromatic carbocycles. The maximum Gasteiger partial charge on any atom is 0.220 e. The summed E-state index contributed by atoms with van der Waals surface area (Å²) in [6.07, 6.45) is 3.02. The predicted molar refractivity (Wildman–Crippen MR) is 94.3 cm³/mol. The van der Waals surface area contributed by atoms with Gasteiger partial charge in [-0.15, -0.1) is 11.3 Å². The van der Waals surface area contributed by atoms with Crippen LogP contribution in [0.3, 0.4) is 0 Å². The lowest BCUT2D eigenvalue weighted by molar-refractivity contribution is -0.121. The third kappa shape index (κ3) is 5.36. The first-order valence-corrected chi connectivity index (χ1v) is 8.78. The second-order valence-electron chi connectivity index (χ2n) is 5.41. The average molecular weight is 332 g/mol. The van der Waals surface area contributed by atoms with Crippen molar-refractivity contribution < 1.29 is 9.53 Å². The smallest absolute Gasteiger partial charge is 0.220 e. The molecule has 1 amide bonds. The first-order chi connectivity index (χ1) is 11.1. The van der Waals surface area contributed by atoms with Crippen LogP contribution in [0, 0.1) is 6.92 Å². The number of nitrogens with one attached hydrogen (secondary N) is 1. The summed E-state index contributed by atoms with van der Waals surface area (Å²) in [5.74, 6) is 0.924. The normalized spacial score (nSPS) is 10.6. The van der Waals surface area contributed by atoms with Gasteiger partial charge in [-0.1, -0.05) is 19.1 Å². The van der Waals surface area contributed by atoms with Crippen molar-refractivity contribution in [2.45, 2.75) is 39.5 Å². The first-order valence-electron chi connectivity index (χ1n) is 7.97. The summed E-state index contributed by atoms with van der Waals surface area (Å²) < 4.78 is 5.12. The first kappa shape index (κ1) is 17.5.